The van der Waals surface area contributed by atoms with Crippen molar-refractivity contribution >= 4 is 17.0 Å². The zero-order valence-electron chi connectivity index (χ0n) is 11.3. The monoisotopic (exact) mass is 261 g/mol. The fourth-order valence-electron chi connectivity index (χ4n) is 1.76. The normalized spacial score (nSPS) is 11.1. The SMILES string of the molecule is CC(C)NCC(=O)NCCc1ccc2ncoc2c1. The molecule has 0 saturated carbocycles. The van der Waals surface area contributed by atoms with E-state index in [1.165, 1.54) is 6.39 Å². The summed E-state index contributed by atoms with van der Waals surface area (Å²) in [7, 11) is 0. The number of carbonyl (C=O) groups excluding carboxylic acids is 1. The molecule has 1 aromatic heterocycles. The van der Waals surface area contributed by atoms with E-state index in [4.69, 9.17) is 4.42 Å². The lowest BCUT2D eigenvalue weighted by atomic mass is 10.1. The van der Waals surface area contributed by atoms with Crippen molar-refractivity contribution in [2.45, 2.75) is 26.3 Å². The molecule has 1 heterocycles. The fraction of sp³-hybridized carbons (Fsp3) is 0.429. The van der Waals surface area contributed by atoms with Gasteiger partial charge in [-0.2, -0.15) is 0 Å². The average Bonchev–Trinajstić information content (AvgIpc) is 2.83. The predicted octanol–water partition coefficient (Wildman–Crippen LogP) is 1.48. The molecule has 102 valence electrons. The highest BCUT2D eigenvalue weighted by Gasteiger charge is 2.03. The number of nitrogens with one attached hydrogen (secondary N) is 2. The first-order valence-electron chi connectivity index (χ1n) is 6.47. The summed E-state index contributed by atoms with van der Waals surface area (Å²) >= 11 is 0. The smallest absolute Gasteiger partial charge is 0.233 e. The number of nitrogens with zero attached hydrogens (tertiary/aromatic N) is 1. The lowest BCUT2D eigenvalue weighted by Crippen LogP contribution is -2.37. The van der Waals surface area contributed by atoms with Crippen molar-refractivity contribution < 1.29 is 9.21 Å². The first kappa shape index (κ1) is 13.5. The summed E-state index contributed by atoms with van der Waals surface area (Å²) in [5, 5.41) is 5.96. The van der Waals surface area contributed by atoms with Gasteiger partial charge in [0.05, 0.1) is 6.54 Å². The molecule has 0 fully saturated rings. The van der Waals surface area contributed by atoms with E-state index in [1.807, 2.05) is 32.0 Å². The maximum atomic E-state index is 11.5. The lowest BCUT2D eigenvalue weighted by Gasteiger charge is -2.08. The Balaban J connectivity index is 1.77. The summed E-state index contributed by atoms with van der Waals surface area (Å²) in [5.74, 6) is 0.0226. The zero-order chi connectivity index (χ0) is 13.7. The Morgan fingerprint density at radius 1 is 1.42 bits per heavy atom. The van der Waals surface area contributed by atoms with Crippen molar-refractivity contribution in [3.63, 3.8) is 0 Å². The van der Waals surface area contributed by atoms with Crippen LogP contribution < -0.4 is 10.6 Å². The van der Waals surface area contributed by atoms with Crippen molar-refractivity contribution in [1.82, 2.24) is 15.6 Å². The first-order valence-corrected chi connectivity index (χ1v) is 6.47. The number of hydrogen-bond acceptors (Lipinski definition) is 4. The summed E-state index contributed by atoms with van der Waals surface area (Å²) in [4.78, 5) is 15.6. The summed E-state index contributed by atoms with van der Waals surface area (Å²) in [5.41, 5.74) is 2.76. The molecule has 1 aromatic carbocycles. The molecule has 5 heteroatoms. The Hall–Kier alpha value is -1.88. The van der Waals surface area contributed by atoms with Gasteiger partial charge in [-0.15, -0.1) is 0 Å². The van der Waals surface area contributed by atoms with Gasteiger partial charge in [0.25, 0.3) is 0 Å². The second-order valence-corrected chi connectivity index (χ2v) is 4.79. The van der Waals surface area contributed by atoms with Crippen LogP contribution in [0, 0.1) is 0 Å². The Bertz CT molecular complexity index is 548. The minimum Gasteiger partial charge on any atom is -0.443 e. The number of hydrogen-bond donors (Lipinski definition) is 2. The molecule has 5 nitrogen and oxygen atoms in total. The number of fused-ring (bicyclic) bond motifs is 1. The van der Waals surface area contributed by atoms with E-state index in [0.29, 0.717) is 19.1 Å². The molecule has 2 N–H and O–H groups in total. The van der Waals surface area contributed by atoms with Gasteiger partial charge in [0.2, 0.25) is 5.91 Å². The van der Waals surface area contributed by atoms with Crippen LogP contribution in [0.2, 0.25) is 0 Å². The number of amides is 1. The number of aromatic nitrogens is 1. The van der Waals surface area contributed by atoms with Gasteiger partial charge in [0, 0.05) is 12.6 Å². The maximum absolute atomic E-state index is 11.5. The van der Waals surface area contributed by atoms with Crippen LogP contribution in [0.15, 0.2) is 29.0 Å². The first-order chi connectivity index (χ1) is 9.15. The molecule has 2 aromatic rings. The van der Waals surface area contributed by atoms with Crippen molar-refractivity contribution in [2.24, 2.45) is 0 Å². The van der Waals surface area contributed by atoms with Gasteiger partial charge in [0.15, 0.2) is 12.0 Å². The van der Waals surface area contributed by atoms with Crippen LogP contribution in [0.4, 0.5) is 0 Å². The molecular weight excluding hydrogens is 242 g/mol. The number of oxazole rings is 1. The molecule has 19 heavy (non-hydrogen) atoms. The van der Waals surface area contributed by atoms with Crippen molar-refractivity contribution in [3.8, 4) is 0 Å². The summed E-state index contributed by atoms with van der Waals surface area (Å²) in [6.07, 6.45) is 2.22. The van der Waals surface area contributed by atoms with E-state index in [2.05, 4.69) is 15.6 Å². The van der Waals surface area contributed by atoms with Crippen molar-refractivity contribution in [1.29, 1.82) is 0 Å². The van der Waals surface area contributed by atoms with Gasteiger partial charge in [-0.1, -0.05) is 19.9 Å². The third kappa shape index (κ3) is 4.06. The third-order valence-electron chi connectivity index (χ3n) is 2.80. The molecule has 0 spiro atoms. The number of carbonyl (C=O) groups is 1. The molecule has 0 aliphatic heterocycles. The van der Waals surface area contributed by atoms with Crippen LogP contribution >= 0.6 is 0 Å². The Labute approximate surface area is 112 Å². The summed E-state index contributed by atoms with van der Waals surface area (Å²) in [6.45, 7) is 5.01. The van der Waals surface area contributed by atoms with E-state index in [0.717, 1.165) is 23.1 Å². The van der Waals surface area contributed by atoms with Gasteiger partial charge < -0.3 is 15.1 Å². The van der Waals surface area contributed by atoms with E-state index in [-0.39, 0.29) is 5.91 Å². The van der Waals surface area contributed by atoms with E-state index < -0.39 is 0 Å². The minimum absolute atomic E-state index is 0.0226. The van der Waals surface area contributed by atoms with Gasteiger partial charge >= 0.3 is 0 Å². The van der Waals surface area contributed by atoms with E-state index >= 15 is 0 Å². The highest BCUT2D eigenvalue weighted by molar-refractivity contribution is 5.78. The molecule has 0 aliphatic rings. The molecule has 1 amide bonds. The number of benzene rings is 1. The lowest BCUT2D eigenvalue weighted by molar-refractivity contribution is -0.120. The highest BCUT2D eigenvalue weighted by Crippen LogP contribution is 2.14. The summed E-state index contributed by atoms with van der Waals surface area (Å²) < 4.78 is 5.24. The predicted molar refractivity (Wildman–Crippen MR) is 73.9 cm³/mol. The molecule has 0 radical (unpaired) electrons. The molecule has 0 unspecified atom stereocenters. The molecule has 0 saturated heterocycles. The number of rotatable bonds is 6. The quantitative estimate of drug-likeness (QED) is 0.826. The largest absolute Gasteiger partial charge is 0.443 e. The third-order valence-corrected chi connectivity index (χ3v) is 2.80. The molecule has 0 aliphatic carbocycles. The fourth-order valence-corrected chi connectivity index (χ4v) is 1.76. The minimum atomic E-state index is 0.0226. The Morgan fingerprint density at radius 2 is 2.26 bits per heavy atom. The van der Waals surface area contributed by atoms with Crippen LogP contribution in [0.1, 0.15) is 19.4 Å². The van der Waals surface area contributed by atoms with Crippen LogP contribution in [0.25, 0.3) is 11.1 Å². The van der Waals surface area contributed by atoms with E-state index in [9.17, 15) is 4.79 Å². The molecular formula is C14H19N3O2. The molecule has 0 bridgehead atoms. The van der Waals surface area contributed by atoms with Gasteiger partial charge in [-0.05, 0) is 24.1 Å². The van der Waals surface area contributed by atoms with Gasteiger partial charge in [0.1, 0.15) is 5.52 Å². The Kier molecular flexibility index (Phi) is 4.52. The zero-order valence-corrected chi connectivity index (χ0v) is 11.3. The standard InChI is InChI=1S/C14H19N3O2/c1-10(2)16-8-14(18)15-6-5-11-3-4-12-13(7-11)19-9-17-12/h3-4,7,9-10,16H,5-6,8H2,1-2H3,(H,15,18). The molecule has 2 rings (SSSR count). The average molecular weight is 261 g/mol. The maximum Gasteiger partial charge on any atom is 0.233 e. The second kappa shape index (κ2) is 6.33. The van der Waals surface area contributed by atoms with Gasteiger partial charge in [-0.3, -0.25) is 4.79 Å². The van der Waals surface area contributed by atoms with Crippen LogP contribution in [0.3, 0.4) is 0 Å². The van der Waals surface area contributed by atoms with Crippen LogP contribution in [0.5, 0.6) is 0 Å². The topological polar surface area (TPSA) is 67.2 Å². The second-order valence-electron chi connectivity index (χ2n) is 4.79. The highest BCUT2D eigenvalue weighted by atomic mass is 16.3. The van der Waals surface area contributed by atoms with Crippen LogP contribution in [-0.2, 0) is 11.2 Å². The van der Waals surface area contributed by atoms with Crippen molar-refractivity contribution in [3.05, 3.63) is 30.2 Å². The van der Waals surface area contributed by atoms with Gasteiger partial charge in [-0.25, -0.2) is 4.98 Å². The van der Waals surface area contributed by atoms with Crippen molar-refractivity contribution in [2.75, 3.05) is 13.1 Å². The molecule has 0 atom stereocenters. The summed E-state index contributed by atoms with van der Waals surface area (Å²) in [6, 6.07) is 6.21. The van der Waals surface area contributed by atoms with Crippen LogP contribution in [-0.4, -0.2) is 30.0 Å². The van der Waals surface area contributed by atoms with E-state index in [1.54, 1.807) is 0 Å². The Morgan fingerprint density at radius 3 is 3.05 bits per heavy atom.